The molecule has 0 aliphatic rings. The van der Waals surface area contributed by atoms with Crippen molar-refractivity contribution in [3.8, 4) is 0 Å². The molecule has 0 aliphatic carbocycles. The molecule has 2 aromatic rings. The number of benzene rings is 1. The summed E-state index contributed by atoms with van der Waals surface area (Å²) in [6.07, 6.45) is 0.913. The number of hydrogen-bond donors (Lipinski definition) is 1. The van der Waals surface area contributed by atoms with Crippen molar-refractivity contribution >= 4 is 15.9 Å². The number of aryl methyl sites for hydroxylation is 2. The van der Waals surface area contributed by atoms with Crippen molar-refractivity contribution in [3.63, 3.8) is 0 Å². The van der Waals surface area contributed by atoms with Gasteiger partial charge in [0.1, 0.15) is 0 Å². The highest BCUT2D eigenvalue weighted by molar-refractivity contribution is 9.10. The van der Waals surface area contributed by atoms with E-state index in [0.29, 0.717) is 0 Å². The van der Waals surface area contributed by atoms with Crippen LogP contribution < -0.4 is 5.32 Å². The van der Waals surface area contributed by atoms with Gasteiger partial charge >= 0.3 is 0 Å². The van der Waals surface area contributed by atoms with Crippen LogP contribution in [0.4, 0.5) is 0 Å². The summed E-state index contributed by atoms with van der Waals surface area (Å²) < 4.78 is 2.61. The Morgan fingerprint density at radius 2 is 2.00 bits per heavy atom. The minimum Gasteiger partial charge on any atom is -0.311 e. The number of nitrogens with zero attached hydrogens (tertiary/aromatic N) is 3. The number of hydrogen-bond acceptors (Lipinski definition) is 3. The van der Waals surface area contributed by atoms with Gasteiger partial charge in [0.15, 0.2) is 4.60 Å². The Morgan fingerprint density at radius 1 is 1.33 bits per heavy atom. The summed E-state index contributed by atoms with van der Waals surface area (Å²) in [6, 6.07) is 8.80. The molecular weight excluding hydrogens is 292 g/mol. The van der Waals surface area contributed by atoms with E-state index < -0.39 is 0 Å². The Bertz CT molecular complexity index is 499. The van der Waals surface area contributed by atoms with Crippen LogP contribution in [0.25, 0.3) is 0 Å². The molecule has 1 atom stereocenters. The third-order valence-electron chi connectivity index (χ3n) is 3.07. The maximum atomic E-state index is 4.03. The Labute approximate surface area is 116 Å². The molecule has 0 aliphatic heterocycles. The molecule has 0 fully saturated rings. The number of likely N-dealkylation sites (N-methyl/N-ethyl adjacent to an activating group) is 1. The van der Waals surface area contributed by atoms with Crippen molar-refractivity contribution in [3.05, 3.63) is 45.7 Å². The number of aromatic nitrogens is 3. The molecule has 18 heavy (non-hydrogen) atoms. The molecule has 4 nitrogen and oxygen atoms in total. The minimum absolute atomic E-state index is 0.196. The van der Waals surface area contributed by atoms with E-state index in [1.54, 1.807) is 4.68 Å². The van der Waals surface area contributed by atoms with Gasteiger partial charge in [-0.3, -0.25) is 0 Å². The SMILES string of the molecule is CNC(Cc1ccc(C)cc1)c1c(Br)nnn1C. The van der Waals surface area contributed by atoms with Gasteiger partial charge in [0, 0.05) is 7.05 Å². The van der Waals surface area contributed by atoms with Crippen LogP contribution in [0.2, 0.25) is 0 Å². The normalized spacial score (nSPS) is 12.7. The molecule has 0 saturated carbocycles. The van der Waals surface area contributed by atoms with Gasteiger partial charge in [-0.15, -0.1) is 5.10 Å². The fourth-order valence-corrected chi connectivity index (χ4v) is 2.61. The lowest BCUT2D eigenvalue weighted by molar-refractivity contribution is 0.533. The zero-order chi connectivity index (χ0) is 13.1. The Morgan fingerprint density at radius 3 is 2.50 bits per heavy atom. The van der Waals surface area contributed by atoms with E-state index in [9.17, 15) is 0 Å². The summed E-state index contributed by atoms with van der Waals surface area (Å²) in [6.45, 7) is 2.10. The summed E-state index contributed by atoms with van der Waals surface area (Å²) in [5.41, 5.74) is 3.65. The molecule has 0 radical (unpaired) electrons. The predicted octanol–water partition coefficient (Wildman–Crippen LogP) is 2.39. The predicted molar refractivity (Wildman–Crippen MR) is 75.4 cm³/mol. The second kappa shape index (κ2) is 5.63. The second-order valence-electron chi connectivity index (χ2n) is 4.42. The van der Waals surface area contributed by atoms with Crippen molar-refractivity contribution in [2.45, 2.75) is 19.4 Å². The van der Waals surface area contributed by atoms with Crippen molar-refractivity contribution < 1.29 is 0 Å². The van der Waals surface area contributed by atoms with Gasteiger partial charge < -0.3 is 5.32 Å². The average Bonchev–Trinajstić information content (AvgIpc) is 2.69. The lowest BCUT2D eigenvalue weighted by Crippen LogP contribution is -2.22. The van der Waals surface area contributed by atoms with Crippen LogP contribution in [0.5, 0.6) is 0 Å². The fourth-order valence-electron chi connectivity index (χ4n) is 2.00. The van der Waals surface area contributed by atoms with Crippen LogP contribution in [0.1, 0.15) is 22.9 Å². The lowest BCUT2D eigenvalue weighted by Gasteiger charge is -2.16. The first-order valence-electron chi connectivity index (χ1n) is 5.89. The molecule has 2 rings (SSSR count). The van der Waals surface area contributed by atoms with Crippen LogP contribution in [0, 0.1) is 6.92 Å². The van der Waals surface area contributed by atoms with E-state index >= 15 is 0 Å². The van der Waals surface area contributed by atoms with Gasteiger partial charge in [-0.2, -0.15) is 0 Å². The van der Waals surface area contributed by atoms with E-state index in [1.165, 1.54) is 11.1 Å². The molecule has 0 spiro atoms. The highest BCUT2D eigenvalue weighted by Crippen LogP contribution is 2.23. The zero-order valence-corrected chi connectivity index (χ0v) is 12.4. The molecule has 0 saturated heterocycles. The molecule has 0 amide bonds. The van der Waals surface area contributed by atoms with Crippen LogP contribution in [-0.2, 0) is 13.5 Å². The molecule has 1 N–H and O–H groups in total. The van der Waals surface area contributed by atoms with E-state index in [2.05, 4.69) is 62.7 Å². The molecule has 5 heteroatoms. The molecule has 96 valence electrons. The summed E-state index contributed by atoms with van der Waals surface area (Å²) in [7, 11) is 3.87. The number of nitrogens with one attached hydrogen (secondary N) is 1. The molecule has 1 heterocycles. The first kappa shape index (κ1) is 13.2. The van der Waals surface area contributed by atoms with Gasteiger partial charge in [-0.1, -0.05) is 35.0 Å². The van der Waals surface area contributed by atoms with E-state index in [1.807, 2.05) is 14.1 Å². The molecule has 1 aromatic carbocycles. The second-order valence-corrected chi connectivity index (χ2v) is 5.17. The van der Waals surface area contributed by atoms with E-state index in [-0.39, 0.29) is 6.04 Å². The van der Waals surface area contributed by atoms with Crippen molar-refractivity contribution in [2.24, 2.45) is 7.05 Å². The third kappa shape index (κ3) is 2.79. The monoisotopic (exact) mass is 308 g/mol. The first-order chi connectivity index (χ1) is 8.61. The van der Waals surface area contributed by atoms with Crippen LogP contribution in [-0.4, -0.2) is 22.0 Å². The standard InChI is InChI=1S/C13H17BrN4/c1-9-4-6-10(7-5-9)8-11(15-2)12-13(14)16-17-18(12)3/h4-7,11,15H,8H2,1-3H3. The largest absolute Gasteiger partial charge is 0.311 e. The highest BCUT2D eigenvalue weighted by atomic mass is 79.9. The van der Waals surface area contributed by atoms with E-state index in [0.717, 1.165) is 16.7 Å². The number of halogens is 1. The Hall–Kier alpha value is -1.20. The van der Waals surface area contributed by atoms with Gasteiger partial charge in [-0.25, -0.2) is 4.68 Å². The quantitative estimate of drug-likeness (QED) is 0.943. The van der Waals surface area contributed by atoms with Gasteiger partial charge in [0.25, 0.3) is 0 Å². The van der Waals surface area contributed by atoms with Crippen molar-refractivity contribution in [1.82, 2.24) is 20.3 Å². The third-order valence-corrected chi connectivity index (χ3v) is 3.63. The summed E-state index contributed by atoms with van der Waals surface area (Å²) in [4.78, 5) is 0. The van der Waals surface area contributed by atoms with Crippen molar-refractivity contribution in [2.75, 3.05) is 7.05 Å². The Balaban J connectivity index is 2.22. The lowest BCUT2D eigenvalue weighted by atomic mass is 10.0. The van der Waals surface area contributed by atoms with Crippen LogP contribution >= 0.6 is 15.9 Å². The molecule has 0 bridgehead atoms. The summed E-state index contributed by atoms with van der Waals surface area (Å²) in [5.74, 6) is 0. The minimum atomic E-state index is 0.196. The molecular formula is C13H17BrN4. The van der Waals surface area contributed by atoms with Crippen LogP contribution in [0.15, 0.2) is 28.9 Å². The summed E-state index contributed by atoms with van der Waals surface area (Å²) in [5, 5.41) is 11.4. The van der Waals surface area contributed by atoms with Crippen LogP contribution in [0.3, 0.4) is 0 Å². The van der Waals surface area contributed by atoms with Gasteiger partial charge in [0.05, 0.1) is 11.7 Å². The highest BCUT2D eigenvalue weighted by Gasteiger charge is 2.18. The topological polar surface area (TPSA) is 42.7 Å². The maximum absolute atomic E-state index is 4.03. The molecule has 1 unspecified atom stereocenters. The average molecular weight is 309 g/mol. The summed E-state index contributed by atoms with van der Waals surface area (Å²) >= 11 is 3.45. The first-order valence-corrected chi connectivity index (χ1v) is 6.69. The van der Waals surface area contributed by atoms with Gasteiger partial charge in [-0.05, 0) is 41.9 Å². The van der Waals surface area contributed by atoms with Gasteiger partial charge in [0.2, 0.25) is 0 Å². The number of rotatable bonds is 4. The van der Waals surface area contributed by atoms with Crippen molar-refractivity contribution in [1.29, 1.82) is 0 Å². The zero-order valence-electron chi connectivity index (χ0n) is 10.8. The smallest absolute Gasteiger partial charge is 0.153 e. The fraction of sp³-hybridized carbons (Fsp3) is 0.385. The Kier molecular flexibility index (Phi) is 4.14. The van der Waals surface area contributed by atoms with E-state index in [4.69, 9.17) is 0 Å². The molecule has 1 aromatic heterocycles. The maximum Gasteiger partial charge on any atom is 0.153 e.